The molecular weight excluding hydrogens is 256 g/mol. The van der Waals surface area contributed by atoms with Crippen LogP contribution in [0.1, 0.15) is 39.0 Å². The lowest BCUT2D eigenvalue weighted by atomic mass is 9.95. The molecule has 2 rings (SSSR count). The Morgan fingerprint density at radius 2 is 2.15 bits per heavy atom. The minimum Gasteiger partial charge on any atom is -0.450 e. The van der Waals surface area contributed by atoms with Gasteiger partial charge in [0.25, 0.3) is 0 Å². The Hall–Kier alpha value is -1.98. The van der Waals surface area contributed by atoms with Gasteiger partial charge in [-0.25, -0.2) is 9.78 Å². The number of nitrogens with two attached hydrogens (primary N) is 1. The number of ether oxygens (including phenoxy) is 1. The van der Waals surface area contributed by atoms with Crippen LogP contribution in [0.25, 0.3) is 0 Å². The molecular formula is C14H22N4O2. The van der Waals surface area contributed by atoms with E-state index in [1.165, 1.54) is 32.1 Å². The second-order valence-corrected chi connectivity index (χ2v) is 4.95. The third-order valence-electron chi connectivity index (χ3n) is 3.39. The number of hydrogen-bond donors (Lipinski definition) is 3. The molecule has 1 aromatic heterocycles. The van der Waals surface area contributed by atoms with E-state index in [9.17, 15) is 4.79 Å². The molecule has 4 N–H and O–H groups in total. The van der Waals surface area contributed by atoms with Gasteiger partial charge in [0.15, 0.2) is 0 Å². The van der Waals surface area contributed by atoms with Gasteiger partial charge in [0.1, 0.15) is 11.6 Å². The fourth-order valence-electron chi connectivity index (χ4n) is 2.39. The zero-order valence-corrected chi connectivity index (χ0v) is 11.8. The summed E-state index contributed by atoms with van der Waals surface area (Å²) in [6, 6.07) is 4.04. The molecule has 0 aliphatic heterocycles. The van der Waals surface area contributed by atoms with E-state index in [1.54, 1.807) is 13.0 Å². The van der Waals surface area contributed by atoms with Crippen LogP contribution >= 0.6 is 0 Å². The van der Waals surface area contributed by atoms with Crippen molar-refractivity contribution in [1.29, 1.82) is 0 Å². The van der Waals surface area contributed by atoms with Crippen LogP contribution in [0.3, 0.4) is 0 Å². The van der Waals surface area contributed by atoms with Crippen molar-refractivity contribution in [3.63, 3.8) is 0 Å². The van der Waals surface area contributed by atoms with Gasteiger partial charge >= 0.3 is 6.09 Å². The largest absolute Gasteiger partial charge is 0.450 e. The lowest BCUT2D eigenvalue weighted by molar-refractivity contribution is 0.168. The van der Waals surface area contributed by atoms with Gasteiger partial charge in [0.05, 0.1) is 12.3 Å². The van der Waals surface area contributed by atoms with E-state index in [1.807, 2.05) is 6.07 Å². The minimum absolute atomic E-state index is 0.291. The molecule has 20 heavy (non-hydrogen) atoms. The van der Waals surface area contributed by atoms with E-state index in [-0.39, 0.29) is 0 Å². The second-order valence-electron chi connectivity index (χ2n) is 4.95. The quantitative estimate of drug-likeness (QED) is 0.787. The highest BCUT2D eigenvalue weighted by atomic mass is 16.5. The van der Waals surface area contributed by atoms with Crippen LogP contribution in [0.15, 0.2) is 12.1 Å². The van der Waals surface area contributed by atoms with Crippen LogP contribution in [0, 0.1) is 0 Å². The average Bonchev–Trinajstić information content (AvgIpc) is 2.43. The number of rotatable bonds is 4. The highest BCUT2D eigenvalue weighted by Gasteiger charge is 2.14. The van der Waals surface area contributed by atoms with E-state index in [2.05, 4.69) is 15.6 Å². The summed E-state index contributed by atoms with van der Waals surface area (Å²) in [5.74, 6) is 1.04. The Morgan fingerprint density at radius 3 is 2.80 bits per heavy atom. The van der Waals surface area contributed by atoms with Gasteiger partial charge in [0.2, 0.25) is 0 Å². The van der Waals surface area contributed by atoms with Gasteiger partial charge in [-0.2, -0.15) is 0 Å². The van der Waals surface area contributed by atoms with Crippen molar-refractivity contribution in [2.75, 3.05) is 23.0 Å². The highest BCUT2D eigenvalue weighted by Crippen LogP contribution is 2.23. The van der Waals surface area contributed by atoms with Crippen molar-refractivity contribution in [3.8, 4) is 0 Å². The van der Waals surface area contributed by atoms with E-state index < -0.39 is 6.09 Å². The molecule has 6 heteroatoms. The van der Waals surface area contributed by atoms with Gasteiger partial charge in [-0.1, -0.05) is 19.3 Å². The number of nitrogen functional groups attached to an aromatic ring is 1. The van der Waals surface area contributed by atoms with Crippen molar-refractivity contribution < 1.29 is 9.53 Å². The number of nitrogens with zero attached hydrogens (tertiary/aromatic N) is 1. The first kappa shape index (κ1) is 14.4. The smallest absolute Gasteiger partial charge is 0.411 e. The molecule has 1 aromatic rings. The normalized spacial score (nSPS) is 15.7. The zero-order valence-electron chi connectivity index (χ0n) is 11.8. The number of carbonyl (C=O) groups is 1. The van der Waals surface area contributed by atoms with Crippen molar-refractivity contribution in [3.05, 3.63) is 12.1 Å². The van der Waals surface area contributed by atoms with Gasteiger partial charge in [-0.05, 0) is 31.9 Å². The number of hydrogen-bond acceptors (Lipinski definition) is 5. The van der Waals surface area contributed by atoms with Crippen LogP contribution in [0.2, 0.25) is 0 Å². The standard InChI is InChI=1S/C14H22N4O2/c1-2-20-14(19)17-11-8-9-12(18-13(11)15)16-10-6-4-3-5-7-10/h8-10H,2-7H2,1H3,(H,17,19)(H3,15,16,18). The Balaban J connectivity index is 1.96. The first-order valence-corrected chi connectivity index (χ1v) is 7.16. The molecule has 0 atom stereocenters. The third-order valence-corrected chi connectivity index (χ3v) is 3.39. The summed E-state index contributed by atoms with van der Waals surface area (Å²) in [6.07, 6.45) is 5.66. The average molecular weight is 278 g/mol. The fraction of sp³-hybridized carbons (Fsp3) is 0.571. The lowest BCUT2D eigenvalue weighted by Gasteiger charge is -2.23. The summed E-state index contributed by atoms with van der Waals surface area (Å²) in [6.45, 7) is 2.07. The third kappa shape index (κ3) is 4.01. The van der Waals surface area contributed by atoms with Crippen LogP contribution < -0.4 is 16.4 Å². The summed E-state index contributed by atoms with van der Waals surface area (Å²) < 4.78 is 4.80. The minimum atomic E-state index is -0.519. The predicted octanol–water partition coefficient (Wildman–Crippen LogP) is 2.98. The van der Waals surface area contributed by atoms with Crippen molar-refractivity contribution in [2.24, 2.45) is 0 Å². The number of carbonyl (C=O) groups excluding carboxylic acids is 1. The first-order chi connectivity index (χ1) is 9.69. The van der Waals surface area contributed by atoms with E-state index in [0.29, 0.717) is 24.2 Å². The predicted molar refractivity (Wildman–Crippen MR) is 79.8 cm³/mol. The SMILES string of the molecule is CCOC(=O)Nc1ccc(NC2CCCCC2)nc1N. The molecule has 0 unspecified atom stereocenters. The maximum Gasteiger partial charge on any atom is 0.411 e. The summed E-state index contributed by atoms with van der Waals surface area (Å²) in [5.41, 5.74) is 6.32. The molecule has 1 heterocycles. The Kier molecular flexibility index (Phi) is 5.03. The van der Waals surface area contributed by atoms with Gasteiger partial charge in [-0.15, -0.1) is 0 Å². The summed E-state index contributed by atoms with van der Waals surface area (Å²) in [4.78, 5) is 15.6. The van der Waals surface area contributed by atoms with Crippen molar-refractivity contribution in [1.82, 2.24) is 4.98 Å². The molecule has 110 valence electrons. The van der Waals surface area contributed by atoms with Gasteiger partial charge in [-0.3, -0.25) is 5.32 Å². The first-order valence-electron chi connectivity index (χ1n) is 7.16. The van der Waals surface area contributed by atoms with Crippen LogP contribution in [0.4, 0.5) is 22.1 Å². The monoisotopic (exact) mass is 278 g/mol. The molecule has 1 saturated carbocycles. The summed E-state index contributed by atoms with van der Waals surface area (Å²) >= 11 is 0. The molecule has 0 saturated heterocycles. The van der Waals surface area contributed by atoms with Crippen molar-refractivity contribution in [2.45, 2.75) is 45.1 Å². The Labute approximate surface area is 119 Å². The van der Waals surface area contributed by atoms with E-state index >= 15 is 0 Å². The second kappa shape index (κ2) is 6.98. The van der Waals surface area contributed by atoms with E-state index in [4.69, 9.17) is 10.5 Å². The fourth-order valence-corrected chi connectivity index (χ4v) is 2.39. The Morgan fingerprint density at radius 1 is 1.40 bits per heavy atom. The van der Waals surface area contributed by atoms with E-state index in [0.717, 1.165) is 5.82 Å². The van der Waals surface area contributed by atoms with Crippen LogP contribution in [-0.4, -0.2) is 23.7 Å². The topological polar surface area (TPSA) is 89.3 Å². The van der Waals surface area contributed by atoms with Crippen molar-refractivity contribution >= 4 is 23.4 Å². The van der Waals surface area contributed by atoms with Gasteiger partial charge in [0, 0.05) is 6.04 Å². The van der Waals surface area contributed by atoms with Gasteiger partial charge < -0.3 is 15.8 Å². The molecule has 6 nitrogen and oxygen atoms in total. The number of nitrogens with one attached hydrogen (secondary N) is 2. The molecule has 0 aromatic carbocycles. The summed E-state index contributed by atoms with van der Waals surface area (Å²) in [7, 11) is 0. The highest BCUT2D eigenvalue weighted by molar-refractivity contribution is 5.88. The van der Waals surface area contributed by atoms with Crippen LogP contribution in [-0.2, 0) is 4.74 Å². The molecule has 0 radical (unpaired) electrons. The number of amides is 1. The maximum absolute atomic E-state index is 11.3. The number of anilines is 3. The molecule has 1 aliphatic carbocycles. The number of aromatic nitrogens is 1. The lowest BCUT2D eigenvalue weighted by Crippen LogP contribution is -2.23. The maximum atomic E-state index is 11.3. The molecule has 1 fully saturated rings. The molecule has 1 aliphatic rings. The van der Waals surface area contributed by atoms with Crippen LogP contribution in [0.5, 0.6) is 0 Å². The molecule has 0 spiro atoms. The number of pyridine rings is 1. The molecule has 0 bridgehead atoms. The summed E-state index contributed by atoms with van der Waals surface area (Å²) in [5, 5.41) is 5.96. The molecule has 1 amide bonds. The Bertz CT molecular complexity index is 458. The zero-order chi connectivity index (χ0) is 14.4.